The van der Waals surface area contributed by atoms with Crippen LogP contribution >= 0.6 is 11.6 Å². The molecular formula is C14H20ClN3O. The molecule has 2 rings (SSSR count). The van der Waals surface area contributed by atoms with Gasteiger partial charge in [-0.1, -0.05) is 25.4 Å². The Morgan fingerprint density at radius 1 is 1.58 bits per heavy atom. The van der Waals surface area contributed by atoms with E-state index in [2.05, 4.69) is 29.5 Å². The standard InChI is InChI=1S/C14H20ClN3O/c1-14(2)6-3-7-16-12(14)9-18-13(19)11-5-4-10(15)8-17-11/h4-5,8,12,16H,3,6-7,9H2,1-2H3,(H,18,19). The van der Waals surface area contributed by atoms with Crippen molar-refractivity contribution in [2.24, 2.45) is 5.41 Å². The van der Waals surface area contributed by atoms with Gasteiger partial charge in [-0.3, -0.25) is 4.79 Å². The first-order valence-electron chi connectivity index (χ1n) is 6.62. The van der Waals surface area contributed by atoms with Crippen molar-refractivity contribution in [3.8, 4) is 0 Å². The Kier molecular flexibility index (Phi) is 4.42. The summed E-state index contributed by atoms with van der Waals surface area (Å²) in [5.41, 5.74) is 0.608. The smallest absolute Gasteiger partial charge is 0.269 e. The molecule has 0 radical (unpaired) electrons. The number of aromatic nitrogens is 1. The summed E-state index contributed by atoms with van der Waals surface area (Å²) in [6.07, 6.45) is 3.86. The van der Waals surface area contributed by atoms with Gasteiger partial charge in [0.25, 0.3) is 5.91 Å². The summed E-state index contributed by atoms with van der Waals surface area (Å²) in [5.74, 6) is -0.153. The molecule has 0 spiro atoms. The Bertz CT molecular complexity index is 445. The topological polar surface area (TPSA) is 54.0 Å². The summed E-state index contributed by atoms with van der Waals surface area (Å²) in [7, 11) is 0. The van der Waals surface area contributed by atoms with Gasteiger partial charge in [-0.2, -0.15) is 0 Å². The van der Waals surface area contributed by atoms with Crippen LogP contribution in [0.1, 0.15) is 37.2 Å². The van der Waals surface area contributed by atoms with E-state index in [9.17, 15) is 4.79 Å². The second-order valence-corrected chi connectivity index (χ2v) is 6.11. The van der Waals surface area contributed by atoms with E-state index in [0.717, 1.165) is 6.54 Å². The van der Waals surface area contributed by atoms with Gasteiger partial charge in [0.2, 0.25) is 0 Å². The lowest BCUT2D eigenvalue weighted by Crippen LogP contribution is -2.52. The van der Waals surface area contributed by atoms with Crippen LogP contribution in [0, 0.1) is 5.41 Å². The fourth-order valence-electron chi connectivity index (χ4n) is 2.41. The normalized spacial score (nSPS) is 21.9. The van der Waals surface area contributed by atoms with Gasteiger partial charge in [-0.15, -0.1) is 0 Å². The lowest BCUT2D eigenvalue weighted by molar-refractivity contribution is 0.0924. The first-order valence-corrected chi connectivity index (χ1v) is 7.00. The maximum Gasteiger partial charge on any atom is 0.269 e. The summed E-state index contributed by atoms with van der Waals surface area (Å²) in [6, 6.07) is 3.61. The molecule has 4 nitrogen and oxygen atoms in total. The average molecular weight is 282 g/mol. The van der Waals surface area contributed by atoms with E-state index in [-0.39, 0.29) is 11.3 Å². The van der Waals surface area contributed by atoms with Gasteiger partial charge < -0.3 is 10.6 Å². The van der Waals surface area contributed by atoms with Gasteiger partial charge in [0.15, 0.2) is 0 Å². The van der Waals surface area contributed by atoms with Crippen LogP contribution < -0.4 is 10.6 Å². The van der Waals surface area contributed by atoms with E-state index in [0.29, 0.717) is 23.3 Å². The number of nitrogens with one attached hydrogen (secondary N) is 2. The van der Waals surface area contributed by atoms with Gasteiger partial charge in [-0.25, -0.2) is 4.98 Å². The molecule has 1 aromatic heterocycles. The van der Waals surface area contributed by atoms with Crippen molar-refractivity contribution in [1.82, 2.24) is 15.6 Å². The predicted molar refractivity (Wildman–Crippen MR) is 76.4 cm³/mol. The summed E-state index contributed by atoms with van der Waals surface area (Å²) >= 11 is 5.75. The zero-order chi connectivity index (χ0) is 13.9. The molecule has 2 N–H and O–H groups in total. The van der Waals surface area contributed by atoms with E-state index < -0.39 is 0 Å². The second-order valence-electron chi connectivity index (χ2n) is 5.67. The highest BCUT2D eigenvalue weighted by molar-refractivity contribution is 6.30. The van der Waals surface area contributed by atoms with Gasteiger partial charge in [-0.05, 0) is 36.9 Å². The number of halogens is 1. The molecule has 1 unspecified atom stereocenters. The van der Waals surface area contributed by atoms with Crippen molar-refractivity contribution in [3.05, 3.63) is 29.0 Å². The van der Waals surface area contributed by atoms with Gasteiger partial charge in [0.05, 0.1) is 5.02 Å². The first kappa shape index (κ1) is 14.3. The van der Waals surface area contributed by atoms with Crippen LogP contribution in [0.2, 0.25) is 5.02 Å². The number of pyridine rings is 1. The zero-order valence-electron chi connectivity index (χ0n) is 11.4. The molecule has 1 saturated heterocycles. The van der Waals surface area contributed by atoms with Gasteiger partial charge in [0.1, 0.15) is 5.69 Å². The largest absolute Gasteiger partial charge is 0.349 e. The van der Waals surface area contributed by atoms with Crippen LogP contribution in [-0.4, -0.2) is 30.0 Å². The van der Waals surface area contributed by atoms with Crippen molar-refractivity contribution >= 4 is 17.5 Å². The molecular weight excluding hydrogens is 262 g/mol. The fraction of sp³-hybridized carbons (Fsp3) is 0.571. The minimum absolute atomic E-state index is 0.153. The molecule has 0 saturated carbocycles. The minimum atomic E-state index is -0.153. The number of hydrogen-bond acceptors (Lipinski definition) is 3. The zero-order valence-corrected chi connectivity index (χ0v) is 12.1. The van der Waals surface area contributed by atoms with Crippen LogP contribution in [0.25, 0.3) is 0 Å². The van der Waals surface area contributed by atoms with Crippen LogP contribution in [0.3, 0.4) is 0 Å². The molecule has 1 aromatic rings. The van der Waals surface area contributed by atoms with Crippen molar-refractivity contribution in [3.63, 3.8) is 0 Å². The SMILES string of the molecule is CC1(C)CCCNC1CNC(=O)c1ccc(Cl)cn1. The Morgan fingerprint density at radius 3 is 3.00 bits per heavy atom. The number of rotatable bonds is 3. The van der Waals surface area contributed by atoms with E-state index in [1.807, 2.05) is 0 Å². The Morgan fingerprint density at radius 2 is 2.37 bits per heavy atom. The van der Waals surface area contributed by atoms with Gasteiger partial charge >= 0.3 is 0 Å². The quantitative estimate of drug-likeness (QED) is 0.893. The van der Waals surface area contributed by atoms with Crippen molar-refractivity contribution in [1.29, 1.82) is 0 Å². The van der Waals surface area contributed by atoms with E-state index in [1.165, 1.54) is 19.0 Å². The van der Waals surface area contributed by atoms with Crippen molar-refractivity contribution < 1.29 is 4.79 Å². The third kappa shape index (κ3) is 3.67. The lowest BCUT2D eigenvalue weighted by Gasteiger charge is -2.39. The Labute approximate surface area is 118 Å². The maximum absolute atomic E-state index is 12.0. The molecule has 1 aliphatic heterocycles. The fourth-order valence-corrected chi connectivity index (χ4v) is 2.53. The highest BCUT2D eigenvalue weighted by Gasteiger charge is 2.31. The molecule has 1 amide bonds. The molecule has 1 fully saturated rings. The lowest BCUT2D eigenvalue weighted by atomic mass is 9.77. The molecule has 1 aliphatic rings. The number of carbonyl (C=O) groups is 1. The maximum atomic E-state index is 12.0. The number of carbonyl (C=O) groups excluding carboxylic acids is 1. The number of amides is 1. The molecule has 0 aromatic carbocycles. The first-order chi connectivity index (χ1) is 8.99. The molecule has 104 valence electrons. The third-order valence-electron chi connectivity index (χ3n) is 3.76. The molecule has 0 aliphatic carbocycles. The van der Waals surface area contributed by atoms with Gasteiger partial charge in [0, 0.05) is 18.8 Å². The van der Waals surface area contributed by atoms with Crippen molar-refractivity contribution in [2.45, 2.75) is 32.7 Å². The average Bonchev–Trinajstić information content (AvgIpc) is 2.37. The summed E-state index contributed by atoms with van der Waals surface area (Å²) in [5, 5.41) is 6.94. The third-order valence-corrected chi connectivity index (χ3v) is 3.98. The van der Waals surface area contributed by atoms with E-state index in [4.69, 9.17) is 11.6 Å². The van der Waals surface area contributed by atoms with Crippen LogP contribution in [-0.2, 0) is 0 Å². The summed E-state index contributed by atoms with van der Waals surface area (Å²) in [4.78, 5) is 16.0. The number of nitrogens with zero attached hydrogens (tertiary/aromatic N) is 1. The summed E-state index contributed by atoms with van der Waals surface area (Å²) in [6.45, 7) is 6.10. The molecule has 19 heavy (non-hydrogen) atoms. The van der Waals surface area contributed by atoms with E-state index >= 15 is 0 Å². The van der Waals surface area contributed by atoms with Crippen LogP contribution in [0.15, 0.2) is 18.3 Å². The molecule has 5 heteroatoms. The monoisotopic (exact) mass is 281 g/mol. The Balaban J connectivity index is 1.91. The minimum Gasteiger partial charge on any atom is -0.349 e. The number of hydrogen-bond donors (Lipinski definition) is 2. The number of piperidine rings is 1. The van der Waals surface area contributed by atoms with Crippen LogP contribution in [0.5, 0.6) is 0 Å². The Hall–Kier alpha value is -1.13. The molecule has 0 bridgehead atoms. The molecule has 2 heterocycles. The van der Waals surface area contributed by atoms with E-state index in [1.54, 1.807) is 12.1 Å². The van der Waals surface area contributed by atoms with Crippen molar-refractivity contribution in [2.75, 3.05) is 13.1 Å². The highest BCUT2D eigenvalue weighted by Crippen LogP contribution is 2.29. The highest BCUT2D eigenvalue weighted by atomic mass is 35.5. The summed E-state index contributed by atoms with van der Waals surface area (Å²) < 4.78 is 0. The van der Waals surface area contributed by atoms with Crippen LogP contribution in [0.4, 0.5) is 0 Å². The second kappa shape index (κ2) is 5.88. The molecule has 1 atom stereocenters. The predicted octanol–water partition coefficient (Wildman–Crippen LogP) is 2.24.